The van der Waals surface area contributed by atoms with Crippen LogP contribution < -0.4 is 5.32 Å². The van der Waals surface area contributed by atoms with E-state index in [9.17, 15) is 18.8 Å². The normalized spacial score (nSPS) is 14.0. The Morgan fingerprint density at radius 2 is 1.74 bits per heavy atom. The van der Waals surface area contributed by atoms with E-state index < -0.39 is 33.6 Å². The van der Waals surface area contributed by atoms with E-state index in [1.807, 2.05) is 6.07 Å². The number of carbonyl (C=O) groups is 1. The zero-order chi connectivity index (χ0) is 17.3. The van der Waals surface area contributed by atoms with Gasteiger partial charge in [-0.3, -0.25) is 9.13 Å². The summed E-state index contributed by atoms with van der Waals surface area (Å²) in [4.78, 5) is 38.0. The Bertz CT molecular complexity index is 588. The quantitative estimate of drug-likeness (QED) is 0.378. The molecule has 0 fully saturated rings. The lowest BCUT2D eigenvalue weighted by molar-refractivity contribution is 0.137. The second-order valence-corrected chi connectivity index (χ2v) is 8.33. The van der Waals surface area contributed by atoms with Gasteiger partial charge in [0.25, 0.3) is 0 Å². The van der Waals surface area contributed by atoms with Crippen LogP contribution in [-0.4, -0.2) is 46.2 Å². The van der Waals surface area contributed by atoms with E-state index in [1.54, 1.807) is 24.3 Å². The molecular formula is C12H19NO8P2. The van der Waals surface area contributed by atoms with Crippen LogP contribution in [0.5, 0.6) is 0 Å². The van der Waals surface area contributed by atoms with Gasteiger partial charge in [0, 0.05) is 6.54 Å². The van der Waals surface area contributed by atoms with E-state index in [0.717, 1.165) is 5.56 Å². The number of hydrogen-bond acceptors (Lipinski definition) is 5. The van der Waals surface area contributed by atoms with Crippen LogP contribution in [0.2, 0.25) is 0 Å². The van der Waals surface area contributed by atoms with Crippen molar-refractivity contribution in [3.05, 3.63) is 35.9 Å². The maximum absolute atomic E-state index is 11.5. The molecule has 1 aromatic carbocycles. The van der Waals surface area contributed by atoms with Crippen LogP contribution in [0.1, 0.15) is 5.56 Å². The van der Waals surface area contributed by atoms with Crippen molar-refractivity contribution in [3.63, 3.8) is 0 Å². The minimum atomic E-state index is -4.36. The van der Waals surface area contributed by atoms with Crippen molar-refractivity contribution in [1.82, 2.24) is 5.32 Å². The minimum Gasteiger partial charge on any atom is -0.445 e. The molecule has 0 saturated heterocycles. The monoisotopic (exact) mass is 367 g/mol. The molecule has 0 aliphatic rings. The van der Waals surface area contributed by atoms with Gasteiger partial charge >= 0.3 is 21.3 Å². The standard InChI is InChI=1S/C12H19NO8P2/c14-12(20-10-11-4-2-1-3-5-11)13-6-7-21-23(18,19)9-8-22(15,16)17/h1-5H,6-10H2,(H,13,14)(H,18,19)(H2,15,16,17). The molecule has 1 unspecified atom stereocenters. The first-order chi connectivity index (χ1) is 10.7. The molecule has 0 bridgehead atoms. The Balaban J connectivity index is 2.17. The van der Waals surface area contributed by atoms with Crippen molar-refractivity contribution in [2.75, 3.05) is 25.5 Å². The third kappa shape index (κ3) is 10.2. The van der Waals surface area contributed by atoms with Crippen molar-refractivity contribution >= 4 is 21.3 Å². The summed E-state index contributed by atoms with van der Waals surface area (Å²) < 4.78 is 31.6. The van der Waals surface area contributed by atoms with Crippen LogP contribution in [0.3, 0.4) is 0 Å². The van der Waals surface area contributed by atoms with Crippen molar-refractivity contribution in [2.24, 2.45) is 0 Å². The van der Waals surface area contributed by atoms with E-state index in [1.165, 1.54) is 0 Å². The van der Waals surface area contributed by atoms with Crippen LogP contribution in [-0.2, 0) is 25.0 Å². The molecule has 0 aliphatic heterocycles. The number of alkyl carbamates (subject to hydrolysis) is 1. The summed E-state index contributed by atoms with van der Waals surface area (Å²) in [6.45, 7) is -0.266. The highest BCUT2D eigenvalue weighted by Crippen LogP contribution is 2.46. The van der Waals surface area contributed by atoms with Gasteiger partial charge in [-0.15, -0.1) is 0 Å². The zero-order valence-electron chi connectivity index (χ0n) is 12.2. The van der Waals surface area contributed by atoms with E-state index in [-0.39, 0.29) is 19.8 Å². The molecule has 0 saturated carbocycles. The highest BCUT2D eigenvalue weighted by molar-refractivity contribution is 7.56. The molecule has 1 atom stereocenters. The fraction of sp³-hybridized carbons (Fsp3) is 0.417. The Morgan fingerprint density at radius 3 is 2.35 bits per heavy atom. The van der Waals surface area contributed by atoms with Gasteiger partial charge < -0.3 is 29.3 Å². The molecule has 130 valence electrons. The first-order valence-electron chi connectivity index (χ1n) is 6.63. The maximum atomic E-state index is 11.5. The van der Waals surface area contributed by atoms with Crippen LogP contribution in [0.4, 0.5) is 4.79 Å². The average molecular weight is 367 g/mol. The summed E-state index contributed by atoms with van der Waals surface area (Å²) in [7, 11) is -8.45. The molecule has 1 aromatic rings. The predicted octanol–water partition coefficient (Wildman–Crippen LogP) is 1.29. The lowest BCUT2D eigenvalue weighted by atomic mass is 10.2. The second kappa shape index (κ2) is 9.17. The molecule has 9 nitrogen and oxygen atoms in total. The number of carbonyl (C=O) groups excluding carboxylic acids is 1. The fourth-order valence-corrected chi connectivity index (χ4v) is 4.00. The van der Waals surface area contributed by atoms with Crippen molar-refractivity contribution < 1.29 is 37.9 Å². The summed E-state index contributed by atoms with van der Waals surface area (Å²) in [5.74, 6) is 0. The first kappa shape index (κ1) is 19.8. The van der Waals surface area contributed by atoms with E-state index in [2.05, 4.69) is 9.84 Å². The van der Waals surface area contributed by atoms with Gasteiger partial charge in [-0.25, -0.2) is 4.79 Å². The van der Waals surface area contributed by atoms with Crippen LogP contribution >= 0.6 is 15.2 Å². The molecule has 0 spiro atoms. The van der Waals surface area contributed by atoms with Crippen molar-refractivity contribution in [2.45, 2.75) is 6.61 Å². The highest BCUT2D eigenvalue weighted by Gasteiger charge is 2.24. The van der Waals surface area contributed by atoms with Crippen LogP contribution in [0.15, 0.2) is 30.3 Å². The van der Waals surface area contributed by atoms with Gasteiger partial charge in [0.15, 0.2) is 0 Å². The molecule has 1 amide bonds. The molecule has 23 heavy (non-hydrogen) atoms. The molecule has 0 aliphatic carbocycles. The molecule has 0 heterocycles. The van der Waals surface area contributed by atoms with Gasteiger partial charge in [-0.1, -0.05) is 30.3 Å². The molecule has 0 radical (unpaired) electrons. The van der Waals surface area contributed by atoms with E-state index in [4.69, 9.17) is 14.5 Å². The Kier molecular flexibility index (Phi) is 7.91. The van der Waals surface area contributed by atoms with E-state index in [0.29, 0.717) is 0 Å². The summed E-state index contributed by atoms with van der Waals surface area (Å²) in [5, 5.41) is 2.33. The largest absolute Gasteiger partial charge is 0.445 e. The van der Waals surface area contributed by atoms with E-state index >= 15 is 0 Å². The lowest BCUT2D eigenvalue weighted by Gasteiger charge is -2.13. The number of rotatable bonds is 9. The topological polar surface area (TPSA) is 142 Å². The second-order valence-electron chi connectivity index (χ2n) is 4.57. The average Bonchev–Trinajstić information content (AvgIpc) is 2.48. The van der Waals surface area contributed by atoms with Gasteiger partial charge in [0.05, 0.1) is 18.9 Å². The summed E-state index contributed by atoms with van der Waals surface area (Å²) >= 11 is 0. The number of ether oxygens (including phenoxy) is 1. The predicted molar refractivity (Wildman–Crippen MR) is 82.2 cm³/mol. The number of nitrogens with one attached hydrogen (secondary N) is 1. The number of hydrogen-bond donors (Lipinski definition) is 4. The Hall–Kier alpha value is -1.21. The zero-order valence-corrected chi connectivity index (χ0v) is 14.0. The lowest BCUT2D eigenvalue weighted by Crippen LogP contribution is -2.27. The summed E-state index contributed by atoms with van der Waals surface area (Å²) in [6.07, 6.45) is -2.11. The molecule has 1 rings (SSSR count). The maximum Gasteiger partial charge on any atom is 0.407 e. The molecular weight excluding hydrogens is 348 g/mol. The molecule has 11 heteroatoms. The van der Waals surface area contributed by atoms with Gasteiger partial charge in [0.2, 0.25) is 0 Å². The fourth-order valence-electron chi connectivity index (χ4n) is 1.44. The third-order valence-electron chi connectivity index (χ3n) is 2.55. The number of benzene rings is 1. The van der Waals surface area contributed by atoms with Crippen LogP contribution in [0, 0.1) is 0 Å². The Labute approximate surface area is 133 Å². The molecule has 4 N–H and O–H groups in total. The summed E-state index contributed by atoms with van der Waals surface area (Å²) in [5.41, 5.74) is 0.816. The smallest absolute Gasteiger partial charge is 0.407 e. The SMILES string of the molecule is O=C(NCCOP(=O)(O)CCP(=O)(O)O)OCc1ccccc1. The van der Waals surface area contributed by atoms with Gasteiger partial charge in [0.1, 0.15) is 6.61 Å². The van der Waals surface area contributed by atoms with Crippen LogP contribution in [0.25, 0.3) is 0 Å². The van der Waals surface area contributed by atoms with Gasteiger partial charge in [-0.2, -0.15) is 0 Å². The molecule has 0 aromatic heterocycles. The first-order valence-corrected chi connectivity index (χ1v) is 10.2. The number of amides is 1. The minimum absolute atomic E-state index is 0.0753. The van der Waals surface area contributed by atoms with Crippen molar-refractivity contribution in [3.8, 4) is 0 Å². The van der Waals surface area contributed by atoms with Crippen molar-refractivity contribution in [1.29, 1.82) is 0 Å². The third-order valence-corrected chi connectivity index (χ3v) is 5.08. The summed E-state index contributed by atoms with van der Waals surface area (Å²) in [6, 6.07) is 9.03. The highest BCUT2D eigenvalue weighted by atomic mass is 31.2. The van der Waals surface area contributed by atoms with Gasteiger partial charge in [-0.05, 0) is 5.56 Å². The Morgan fingerprint density at radius 1 is 1.09 bits per heavy atom.